The third-order valence-corrected chi connectivity index (χ3v) is 1.39. The van der Waals surface area contributed by atoms with Crippen molar-refractivity contribution in [2.75, 3.05) is 13.7 Å². The molecule has 0 aliphatic carbocycles. The molecule has 0 N–H and O–H groups in total. The van der Waals surface area contributed by atoms with Gasteiger partial charge in [0.1, 0.15) is 0 Å². The van der Waals surface area contributed by atoms with Gasteiger partial charge in [0.05, 0.1) is 25.3 Å². The first kappa shape index (κ1) is 12.2. The zero-order valence-electron chi connectivity index (χ0n) is 7.69. The van der Waals surface area contributed by atoms with Crippen molar-refractivity contribution < 1.29 is 33.5 Å². The molecule has 66 valence electrons. The van der Waals surface area contributed by atoms with E-state index in [1.54, 1.807) is 7.11 Å². The van der Waals surface area contributed by atoms with Crippen molar-refractivity contribution in [3.05, 3.63) is 18.0 Å². The summed E-state index contributed by atoms with van der Waals surface area (Å²) in [6, 6.07) is 0. The van der Waals surface area contributed by atoms with Crippen LogP contribution in [0.1, 0.15) is 10.4 Å². The van der Waals surface area contributed by atoms with E-state index in [2.05, 4.69) is 5.10 Å². The average molecular weight is 176 g/mol. The van der Waals surface area contributed by atoms with Crippen LogP contribution < -0.4 is 24.0 Å². The number of carboxylic acid groups (broad SMARTS) is 1. The molecule has 0 aliphatic rings. The molecule has 0 saturated carbocycles. The second-order valence-electron chi connectivity index (χ2n) is 2.27. The molecule has 0 bridgehead atoms. The number of carbonyl (C=O) groups excluding carboxylic acids is 1. The van der Waals surface area contributed by atoms with Crippen molar-refractivity contribution in [1.82, 2.24) is 9.78 Å². The Labute approximate surface area is 87.9 Å². The molecule has 0 fully saturated rings. The van der Waals surface area contributed by atoms with Crippen LogP contribution in [0.5, 0.6) is 0 Å². The van der Waals surface area contributed by atoms with E-state index in [9.17, 15) is 9.90 Å². The van der Waals surface area contributed by atoms with Gasteiger partial charge in [-0.1, -0.05) is 0 Å². The number of nitrogens with zero attached hydrogens (tertiary/aromatic N) is 2. The molecule has 6 heteroatoms. The zero-order valence-corrected chi connectivity index (χ0v) is 7.69. The Hall–Kier alpha value is -0.763. The van der Waals surface area contributed by atoms with E-state index in [0.29, 0.717) is 13.2 Å². The van der Waals surface area contributed by atoms with Gasteiger partial charge < -0.3 is 14.6 Å². The fourth-order valence-corrected chi connectivity index (χ4v) is 0.776. The van der Waals surface area contributed by atoms with Gasteiger partial charge in [0.25, 0.3) is 0 Å². The molecule has 0 unspecified atom stereocenters. The van der Waals surface area contributed by atoms with Crippen LogP contribution in [0.15, 0.2) is 12.4 Å². The van der Waals surface area contributed by atoms with Crippen LogP contribution in [0.2, 0.25) is 0 Å². The number of hydrogen-bond donors (Lipinski definition) is 0. The predicted octanol–water partition coefficient (Wildman–Crippen LogP) is -4.10. The maximum absolute atomic E-state index is 10.3. The molecule has 1 aromatic rings. The maximum atomic E-state index is 10.3. The molecule has 0 aromatic carbocycles. The number of methoxy groups -OCH3 is 1. The van der Waals surface area contributed by atoms with E-state index in [0.717, 1.165) is 0 Å². The van der Waals surface area contributed by atoms with Gasteiger partial charge in [0, 0.05) is 18.9 Å². The summed E-state index contributed by atoms with van der Waals surface area (Å²) in [4.78, 5) is 10.3. The monoisotopic (exact) mass is 176 g/mol. The predicted molar refractivity (Wildman–Crippen MR) is 38.4 cm³/mol. The molecule has 0 atom stereocenters. The summed E-state index contributed by atoms with van der Waals surface area (Å²) < 4.78 is 6.29. The fourth-order valence-electron chi connectivity index (χ4n) is 0.776. The maximum Gasteiger partial charge on any atom is 1.00 e. The number of carboxylic acids is 1. The SMILES string of the molecule is COCCn1cc(C(=O)[O-])cn1.[Li+]. The van der Waals surface area contributed by atoms with Gasteiger partial charge in [-0.15, -0.1) is 0 Å². The first-order valence-electron chi connectivity index (χ1n) is 3.47. The van der Waals surface area contributed by atoms with Crippen LogP contribution in [0, 0.1) is 0 Å². The summed E-state index contributed by atoms with van der Waals surface area (Å²) >= 11 is 0. The number of aromatic nitrogens is 2. The summed E-state index contributed by atoms with van der Waals surface area (Å²) in [5, 5.41) is 14.1. The van der Waals surface area contributed by atoms with E-state index >= 15 is 0 Å². The minimum atomic E-state index is -1.21. The van der Waals surface area contributed by atoms with Crippen molar-refractivity contribution in [2.24, 2.45) is 0 Å². The Balaban J connectivity index is 0.00000144. The van der Waals surface area contributed by atoms with E-state index in [4.69, 9.17) is 4.74 Å². The zero-order chi connectivity index (χ0) is 8.97. The van der Waals surface area contributed by atoms with E-state index < -0.39 is 5.97 Å². The van der Waals surface area contributed by atoms with E-state index in [-0.39, 0.29) is 24.4 Å². The standard InChI is InChI=1S/C7H10N2O3.Li/c1-12-3-2-9-5-6(4-8-9)7(10)11;/h4-5H,2-3H2,1H3,(H,10,11);/q;+1/p-1. The fraction of sp³-hybridized carbons (Fsp3) is 0.429. The number of hydrogen-bond acceptors (Lipinski definition) is 4. The van der Waals surface area contributed by atoms with Crippen molar-refractivity contribution in [2.45, 2.75) is 6.54 Å². The second kappa shape index (κ2) is 5.81. The summed E-state index contributed by atoms with van der Waals surface area (Å²) in [6.45, 7) is 1.05. The number of rotatable bonds is 4. The molecule has 1 heterocycles. The third-order valence-electron chi connectivity index (χ3n) is 1.39. The van der Waals surface area contributed by atoms with Crippen LogP contribution in [0.3, 0.4) is 0 Å². The molecule has 13 heavy (non-hydrogen) atoms. The number of carbonyl (C=O) groups is 1. The van der Waals surface area contributed by atoms with E-state index in [1.807, 2.05) is 0 Å². The number of aromatic carboxylic acids is 1. The largest absolute Gasteiger partial charge is 1.00 e. The van der Waals surface area contributed by atoms with Crippen molar-refractivity contribution >= 4 is 5.97 Å². The summed E-state index contributed by atoms with van der Waals surface area (Å²) in [7, 11) is 1.57. The third kappa shape index (κ3) is 3.64. The Morgan fingerprint density at radius 1 is 1.77 bits per heavy atom. The van der Waals surface area contributed by atoms with E-state index in [1.165, 1.54) is 17.1 Å². The minimum Gasteiger partial charge on any atom is -0.545 e. The average Bonchev–Trinajstić information content (AvgIpc) is 2.48. The first-order valence-corrected chi connectivity index (χ1v) is 3.47. The normalized spacial score (nSPS) is 9.31. The van der Waals surface area contributed by atoms with Gasteiger partial charge in [-0.2, -0.15) is 5.10 Å². The second-order valence-corrected chi connectivity index (χ2v) is 2.27. The Kier molecular flexibility index (Phi) is 5.47. The molecule has 1 aromatic heterocycles. The van der Waals surface area contributed by atoms with Crippen LogP contribution in [-0.2, 0) is 11.3 Å². The van der Waals surface area contributed by atoms with Gasteiger partial charge in [0.15, 0.2) is 0 Å². The smallest absolute Gasteiger partial charge is 0.545 e. The molecule has 0 radical (unpaired) electrons. The summed E-state index contributed by atoms with van der Waals surface area (Å²) in [5.74, 6) is -1.21. The number of ether oxygens (including phenoxy) is 1. The van der Waals surface area contributed by atoms with Gasteiger partial charge >= 0.3 is 18.9 Å². The molecule has 5 nitrogen and oxygen atoms in total. The Bertz CT molecular complexity index is 274. The molecule has 0 aliphatic heterocycles. The van der Waals surface area contributed by atoms with Crippen LogP contribution in [-0.4, -0.2) is 29.5 Å². The van der Waals surface area contributed by atoms with Gasteiger partial charge in [-0.05, 0) is 0 Å². The molecule has 0 spiro atoms. The topological polar surface area (TPSA) is 67.2 Å². The first-order chi connectivity index (χ1) is 5.74. The summed E-state index contributed by atoms with van der Waals surface area (Å²) in [5.41, 5.74) is 0.0890. The van der Waals surface area contributed by atoms with Gasteiger partial charge in [-0.3, -0.25) is 4.68 Å². The minimum absolute atomic E-state index is 0. The molecule has 0 amide bonds. The van der Waals surface area contributed by atoms with Crippen LogP contribution in [0.4, 0.5) is 0 Å². The van der Waals surface area contributed by atoms with Crippen molar-refractivity contribution in [1.29, 1.82) is 0 Å². The van der Waals surface area contributed by atoms with Gasteiger partial charge in [0.2, 0.25) is 0 Å². The summed E-state index contributed by atoms with van der Waals surface area (Å²) in [6.07, 6.45) is 2.67. The van der Waals surface area contributed by atoms with Crippen molar-refractivity contribution in [3.8, 4) is 0 Å². The molecular formula is C7H9LiN2O3. The Morgan fingerprint density at radius 3 is 2.92 bits per heavy atom. The Morgan fingerprint density at radius 2 is 2.46 bits per heavy atom. The van der Waals surface area contributed by atoms with Crippen LogP contribution in [0.25, 0.3) is 0 Å². The van der Waals surface area contributed by atoms with Crippen molar-refractivity contribution in [3.63, 3.8) is 0 Å². The molecular weight excluding hydrogens is 167 g/mol. The molecule has 1 rings (SSSR count). The quantitative estimate of drug-likeness (QED) is 0.437. The van der Waals surface area contributed by atoms with Crippen LogP contribution >= 0.6 is 0 Å². The van der Waals surface area contributed by atoms with Gasteiger partial charge in [-0.25, -0.2) is 0 Å². The molecule has 0 saturated heterocycles.